The Morgan fingerprint density at radius 3 is 2.38 bits per heavy atom. The van der Waals surface area contributed by atoms with Gasteiger partial charge in [0.2, 0.25) is 10.0 Å². The van der Waals surface area contributed by atoms with Crippen LogP contribution < -0.4 is 4.31 Å². The molecule has 3 aromatic rings. The molecule has 12 heteroatoms. The Hall–Kier alpha value is -3.18. The molecule has 8 nitrogen and oxygen atoms in total. The second-order valence-corrected chi connectivity index (χ2v) is 12.2. The molecule has 2 aliphatic heterocycles. The van der Waals surface area contributed by atoms with Crippen LogP contribution in [0.15, 0.2) is 72.8 Å². The minimum atomic E-state index is -4.03. The first-order valence-electron chi connectivity index (χ1n) is 12.0. The molecule has 2 saturated heterocycles. The SMILES string of the molecule is O=C(O)C[C@@H]1O[C@H](c2cccc(Cl)c2)[C@@H](c2ccc(Cl)cc2)N([C@@H]2CN(c3ccccc3F)S(=O)(=O)C2)C1=O. The van der Waals surface area contributed by atoms with Crippen molar-refractivity contribution in [2.24, 2.45) is 0 Å². The predicted molar refractivity (Wildman–Crippen MR) is 144 cm³/mol. The molecule has 2 aliphatic rings. The number of rotatable bonds is 6. The summed E-state index contributed by atoms with van der Waals surface area (Å²) < 4.78 is 48.3. The van der Waals surface area contributed by atoms with Crippen LogP contribution in [0.3, 0.4) is 0 Å². The molecule has 4 atom stereocenters. The molecule has 39 heavy (non-hydrogen) atoms. The van der Waals surface area contributed by atoms with Gasteiger partial charge in [0.15, 0.2) is 0 Å². The standard InChI is InChI=1S/C27H23Cl2FN2O6S/c28-18-10-8-16(9-11-18)25-26(17-4-3-5-19(29)12-17)38-23(13-24(33)34)27(35)32(25)20-14-31(39(36,37)15-20)22-7-2-1-6-21(22)30/h1-12,20,23,25-26H,13-15H2,(H,33,34)/t20-,23+,25-,26-/m1/s1. The van der Waals surface area contributed by atoms with E-state index in [1.807, 2.05) is 0 Å². The van der Waals surface area contributed by atoms with Crippen LogP contribution in [-0.2, 0) is 24.3 Å². The monoisotopic (exact) mass is 592 g/mol. The fourth-order valence-electron chi connectivity index (χ4n) is 5.16. The fourth-order valence-corrected chi connectivity index (χ4v) is 7.26. The second kappa shape index (κ2) is 10.8. The second-order valence-electron chi connectivity index (χ2n) is 9.35. The van der Waals surface area contributed by atoms with E-state index in [2.05, 4.69) is 0 Å². The first-order chi connectivity index (χ1) is 18.5. The largest absolute Gasteiger partial charge is 0.481 e. The zero-order chi connectivity index (χ0) is 27.9. The molecule has 5 rings (SSSR count). The third-order valence-corrected chi connectivity index (χ3v) is 9.12. The maximum Gasteiger partial charge on any atom is 0.306 e. The number of carboxylic acids is 1. The van der Waals surface area contributed by atoms with Crippen LogP contribution in [0, 0.1) is 5.82 Å². The number of morpholine rings is 1. The van der Waals surface area contributed by atoms with Crippen LogP contribution >= 0.6 is 23.2 Å². The topological polar surface area (TPSA) is 104 Å². The van der Waals surface area contributed by atoms with Crippen molar-refractivity contribution in [2.45, 2.75) is 30.7 Å². The van der Waals surface area contributed by atoms with Gasteiger partial charge < -0.3 is 14.7 Å². The average Bonchev–Trinajstić information content (AvgIpc) is 3.19. The molecule has 3 aromatic carbocycles. The van der Waals surface area contributed by atoms with Gasteiger partial charge in [-0.05, 0) is 47.5 Å². The van der Waals surface area contributed by atoms with E-state index in [4.69, 9.17) is 27.9 Å². The molecule has 1 amide bonds. The third kappa shape index (κ3) is 5.47. The maximum atomic E-state index is 14.6. The van der Waals surface area contributed by atoms with Gasteiger partial charge in [0, 0.05) is 10.0 Å². The summed E-state index contributed by atoms with van der Waals surface area (Å²) in [5.41, 5.74) is 1.03. The molecule has 0 radical (unpaired) electrons. The first-order valence-corrected chi connectivity index (χ1v) is 14.4. The number of carbonyl (C=O) groups excluding carboxylic acids is 1. The number of anilines is 1. The minimum absolute atomic E-state index is 0.128. The summed E-state index contributed by atoms with van der Waals surface area (Å²) >= 11 is 12.4. The highest BCUT2D eigenvalue weighted by Crippen LogP contribution is 2.45. The summed E-state index contributed by atoms with van der Waals surface area (Å²) in [6.07, 6.45) is -2.91. The van der Waals surface area contributed by atoms with Gasteiger partial charge in [0.1, 0.15) is 18.0 Å². The third-order valence-electron chi connectivity index (χ3n) is 6.81. The number of hydrogen-bond donors (Lipinski definition) is 1. The molecule has 2 fully saturated rings. The molecule has 0 saturated carbocycles. The number of carbonyl (C=O) groups is 2. The molecule has 0 bridgehead atoms. The summed E-state index contributed by atoms with van der Waals surface area (Å²) in [6.45, 7) is -0.221. The lowest BCUT2D eigenvalue weighted by Gasteiger charge is -2.47. The highest BCUT2D eigenvalue weighted by atomic mass is 35.5. The maximum absolute atomic E-state index is 14.6. The van der Waals surface area contributed by atoms with Crippen LogP contribution in [0.2, 0.25) is 10.0 Å². The summed E-state index contributed by atoms with van der Waals surface area (Å²) in [4.78, 5) is 26.9. The molecule has 0 unspecified atom stereocenters. The number of halogens is 3. The van der Waals surface area contributed by atoms with E-state index in [0.717, 1.165) is 10.4 Å². The van der Waals surface area contributed by atoms with Crippen molar-refractivity contribution in [3.63, 3.8) is 0 Å². The lowest BCUT2D eigenvalue weighted by molar-refractivity contribution is -0.182. The van der Waals surface area contributed by atoms with E-state index >= 15 is 0 Å². The Labute approximate surface area is 234 Å². The Morgan fingerprint density at radius 2 is 1.72 bits per heavy atom. The highest BCUT2D eigenvalue weighted by molar-refractivity contribution is 7.93. The van der Waals surface area contributed by atoms with E-state index in [9.17, 15) is 27.5 Å². The summed E-state index contributed by atoms with van der Waals surface area (Å²) in [7, 11) is -4.03. The van der Waals surface area contributed by atoms with Crippen molar-refractivity contribution in [3.8, 4) is 0 Å². The summed E-state index contributed by atoms with van der Waals surface area (Å²) in [5, 5.41) is 10.4. The van der Waals surface area contributed by atoms with Crippen molar-refractivity contribution in [3.05, 3.63) is 99.8 Å². The zero-order valence-corrected chi connectivity index (χ0v) is 22.6. The van der Waals surface area contributed by atoms with Crippen LogP contribution in [0.25, 0.3) is 0 Å². The van der Waals surface area contributed by atoms with E-state index in [0.29, 0.717) is 21.2 Å². The Morgan fingerprint density at radius 1 is 1.00 bits per heavy atom. The molecule has 0 aliphatic carbocycles. The first kappa shape index (κ1) is 27.4. The summed E-state index contributed by atoms with van der Waals surface area (Å²) in [5.74, 6) is -3.13. The average molecular weight is 593 g/mol. The highest BCUT2D eigenvalue weighted by Gasteiger charge is 2.51. The quantitative estimate of drug-likeness (QED) is 0.439. The van der Waals surface area contributed by atoms with E-state index < -0.39 is 64.2 Å². The number of hydrogen-bond acceptors (Lipinski definition) is 5. The molecule has 0 spiro atoms. The van der Waals surface area contributed by atoms with Crippen molar-refractivity contribution in [1.29, 1.82) is 0 Å². The lowest BCUT2D eigenvalue weighted by atomic mass is 9.90. The molecule has 204 valence electrons. The molecule has 2 heterocycles. The van der Waals surface area contributed by atoms with Crippen LogP contribution in [0.4, 0.5) is 10.1 Å². The normalized spacial score (nSPS) is 24.6. The number of carboxylic acid groups (broad SMARTS) is 1. The molecule has 0 aromatic heterocycles. The Bertz CT molecular complexity index is 1520. The van der Waals surface area contributed by atoms with Crippen molar-refractivity contribution >= 4 is 50.8 Å². The van der Waals surface area contributed by atoms with Gasteiger partial charge >= 0.3 is 5.97 Å². The number of sulfonamides is 1. The van der Waals surface area contributed by atoms with Crippen molar-refractivity contribution in [1.82, 2.24) is 4.90 Å². The van der Waals surface area contributed by atoms with Gasteiger partial charge in [-0.3, -0.25) is 13.9 Å². The number of nitrogens with zero attached hydrogens (tertiary/aromatic N) is 2. The Kier molecular flexibility index (Phi) is 7.56. The van der Waals surface area contributed by atoms with E-state index in [1.165, 1.54) is 23.1 Å². The van der Waals surface area contributed by atoms with Crippen LogP contribution in [0.5, 0.6) is 0 Å². The number of amides is 1. The van der Waals surface area contributed by atoms with Crippen molar-refractivity contribution in [2.75, 3.05) is 16.6 Å². The van der Waals surface area contributed by atoms with E-state index in [-0.39, 0.29) is 12.2 Å². The Balaban J connectivity index is 1.64. The van der Waals surface area contributed by atoms with Crippen molar-refractivity contribution < 1.29 is 32.2 Å². The van der Waals surface area contributed by atoms with Gasteiger partial charge in [-0.25, -0.2) is 12.8 Å². The smallest absolute Gasteiger partial charge is 0.306 e. The lowest BCUT2D eigenvalue weighted by Crippen LogP contribution is -2.56. The fraction of sp³-hybridized carbons (Fsp3) is 0.259. The summed E-state index contributed by atoms with van der Waals surface area (Å²) in [6, 6.07) is 17.1. The number of para-hydroxylation sites is 1. The minimum Gasteiger partial charge on any atom is -0.481 e. The molecular weight excluding hydrogens is 570 g/mol. The molecular formula is C27H23Cl2FN2O6S. The van der Waals surface area contributed by atoms with Crippen LogP contribution in [0.1, 0.15) is 29.7 Å². The number of benzene rings is 3. The van der Waals surface area contributed by atoms with E-state index in [1.54, 1.807) is 48.5 Å². The molecule has 1 N–H and O–H groups in total. The van der Waals surface area contributed by atoms with Gasteiger partial charge in [-0.1, -0.05) is 59.6 Å². The predicted octanol–water partition coefficient (Wildman–Crippen LogP) is 4.84. The van der Waals surface area contributed by atoms with Crippen LogP contribution in [-0.4, -0.2) is 54.7 Å². The van der Waals surface area contributed by atoms with Gasteiger partial charge in [0.25, 0.3) is 5.91 Å². The van der Waals surface area contributed by atoms with Gasteiger partial charge in [0.05, 0.1) is 36.5 Å². The number of aliphatic carboxylic acids is 1. The van der Waals surface area contributed by atoms with Gasteiger partial charge in [-0.2, -0.15) is 0 Å². The zero-order valence-electron chi connectivity index (χ0n) is 20.3. The number of ether oxygens (including phenoxy) is 1. The van der Waals surface area contributed by atoms with Gasteiger partial charge in [-0.15, -0.1) is 0 Å².